The van der Waals surface area contributed by atoms with E-state index in [4.69, 9.17) is 14.5 Å². The summed E-state index contributed by atoms with van der Waals surface area (Å²) in [5.74, 6) is -0.783. The van der Waals surface area contributed by atoms with Crippen molar-refractivity contribution in [3.8, 4) is 0 Å². The van der Waals surface area contributed by atoms with Crippen LogP contribution in [0.15, 0.2) is 65.7 Å². The van der Waals surface area contributed by atoms with Crippen LogP contribution in [0.2, 0.25) is 0 Å². The van der Waals surface area contributed by atoms with Gasteiger partial charge in [-0.1, -0.05) is 60.7 Å². The first-order valence-corrected chi connectivity index (χ1v) is 9.16. The van der Waals surface area contributed by atoms with Crippen LogP contribution in [0, 0.1) is 0 Å². The molecular formula is C22H25NO4. The summed E-state index contributed by atoms with van der Waals surface area (Å²) in [4.78, 5) is 28.9. The summed E-state index contributed by atoms with van der Waals surface area (Å²) >= 11 is 0. The molecule has 0 saturated carbocycles. The predicted molar refractivity (Wildman–Crippen MR) is 105 cm³/mol. The van der Waals surface area contributed by atoms with Crippen LogP contribution < -0.4 is 0 Å². The Bertz CT molecular complexity index is 715. The Morgan fingerprint density at radius 2 is 1.37 bits per heavy atom. The molecule has 0 radical (unpaired) electrons. The Hall–Kier alpha value is -2.95. The molecule has 0 unspecified atom stereocenters. The molecule has 0 aliphatic heterocycles. The van der Waals surface area contributed by atoms with Crippen LogP contribution in [0.4, 0.5) is 0 Å². The second-order valence-corrected chi connectivity index (χ2v) is 5.82. The predicted octanol–water partition coefficient (Wildman–Crippen LogP) is 3.80. The van der Waals surface area contributed by atoms with Crippen LogP contribution in [0.1, 0.15) is 37.8 Å². The van der Waals surface area contributed by atoms with Gasteiger partial charge in [0.15, 0.2) is 0 Å². The third-order valence-electron chi connectivity index (χ3n) is 3.87. The maximum atomic E-state index is 12.4. The van der Waals surface area contributed by atoms with Gasteiger partial charge in [-0.3, -0.25) is 9.79 Å². The third-order valence-corrected chi connectivity index (χ3v) is 3.87. The van der Waals surface area contributed by atoms with Gasteiger partial charge in [0.05, 0.1) is 18.9 Å². The van der Waals surface area contributed by atoms with Gasteiger partial charge in [0.1, 0.15) is 6.04 Å². The van der Waals surface area contributed by atoms with E-state index in [0.29, 0.717) is 12.3 Å². The number of benzene rings is 2. The Morgan fingerprint density at radius 1 is 0.852 bits per heavy atom. The standard InChI is InChI=1S/C22H25NO4/c1-3-26-20(24)16-15-19(22(25)27-4-2)23-21(17-11-7-5-8-12-17)18-13-9-6-10-14-18/h5-14,19H,3-4,15-16H2,1-2H3/t19-/m1/s1. The van der Waals surface area contributed by atoms with Gasteiger partial charge in [0, 0.05) is 17.5 Å². The first-order valence-electron chi connectivity index (χ1n) is 9.16. The average molecular weight is 367 g/mol. The molecule has 1 atom stereocenters. The van der Waals surface area contributed by atoms with Crippen LogP contribution in [-0.4, -0.2) is 36.9 Å². The molecule has 5 heteroatoms. The fourth-order valence-corrected chi connectivity index (χ4v) is 2.62. The Kier molecular flexibility index (Phi) is 8.23. The van der Waals surface area contributed by atoms with Crippen molar-refractivity contribution in [1.29, 1.82) is 0 Å². The van der Waals surface area contributed by atoms with E-state index in [-0.39, 0.29) is 25.4 Å². The maximum absolute atomic E-state index is 12.4. The number of aliphatic imine (C=N–C) groups is 1. The van der Waals surface area contributed by atoms with E-state index >= 15 is 0 Å². The molecule has 0 aliphatic rings. The van der Waals surface area contributed by atoms with Crippen molar-refractivity contribution in [2.24, 2.45) is 4.99 Å². The van der Waals surface area contributed by atoms with Gasteiger partial charge in [-0.05, 0) is 20.3 Å². The van der Waals surface area contributed by atoms with Crippen molar-refractivity contribution in [3.63, 3.8) is 0 Å². The molecule has 0 saturated heterocycles. The molecule has 2 rings (SSSR count). The van der Waals surface area contributed by atoms with Crippen molar-refractivity contribution >= 4 is 17.7 Å². The summed E-state index contributed by atoms with van der Waals surface area (Å²) in [6.45, 7) is 4.07. The number of ether oxygens (including phenoxy) is 2. The van der Waals surface area contributed by atoms with Crippen LogP contribution in [-0.2, 0) is 19.1 Å². The maximum Gasteiger partial charge on any atom is 0.330 e. The molecule has 2 aromatic carbocycles. The minimum Gasteiger partial charge on any atom is -0.466 e. The lowest BCUT2D eigenvalue weighted by Crippen LogP contribution is -2.25. The fraction of sp³-hybridized carbons (Fsp3) is 0.318. The normalized spacial score (nSPS) is 11.3. The summed E-state index contributed by atoms with van der Waals surface area (Å²) in [5, 5.41) is 0. The Morgan fingerprint density at radius 3 is 1.85 bits per heavy atom. The number of rotatable bonds is 9. The number of carbonyl (C=O) groups excluding carboxylic acids is 2. The highest BCUT2D eigenvalue weighted by atomic mass is 16.5. The highest BCUT2D eigenvalue weighted by molar-refractivity contribution is 6.13. The van der Waals surface area contributed by atoms with E-state index in [9.17, 15) is 9.59 Å². The van der Waals surface area contributed by atoms with E-state index in [1.807, 2.05) is 60.7 Å². The zero-order valence-corrected chi connectivity index (χ0v) is 15.8. The SMILES string of the molecule is CCOC(=O)CC[C@@H](N=C(c1ccccc1)c1ccccc1)C(=O)OCC. The minimum absolute atomic E-state index is 0.109. The Labute approximate surface area is 160 Å². The van der Waals surface area contributed by atoms with Gasteiger partial charge >= 0.3 is 11.9 Å². The van der Waals surface area contributed by atoms with Crippen LogP contribution in [0.3, 0.4) is 0 Å². The van der Waals surface area contributed by atoms with Crippen LogP contribution >= 0.6 is 0 Å². The topological polar surface area (TPSA) is 65.0 Å². The highest BCUT2D eigenvalue weighted by Gasteiger charge is 2.22. The molecule has 0 aromatic heterocycles. The van der Waals surface area contributed by atoms with Gasteiger partial charge in [-0.2, -0.15) is 0 Å². The van der Waals surface area contributed by atoms with E-state index in [2.05, 4.69) is 0 Å². The molecule has 27 heavy (non-hydrogen) atoms. The number of carbonyl (C=O) groups is 2. The van der Waals surface area contributed by atoms with Crippen molar-refractivity contribution in [2.75, 3.05) is 13.2 Å². The van der Waals surface area contributed by atoms with Gasteiger partial charge in [-0.15, -0.1) is 0 Å². The summed E-state index contributed by atoms with van der Waals surface area (Å²) in [7, 11) is 0. The zero-order valence-electron chi connectivity index (χ0n) is 15.8. The first kappa shape index (κ1) is 20.4. The molecule has 0 amide bonds. The highest BCUT2D eigenvalue weighted by Crippen LogP contribution is 2.15. The van der Waals surface area contributed by atoms with Crippen molar-refractivity contribution in [1.82, 2.24) is 0 Å². The van der Waals surface area contributed by atoms with Gasteiger partial charge < -0.3 is 9.47 Å². The lowest BCUT2D eigenvalue weighted by molar-refractivity contribution is -0.146. The van der Waals surface area contributed by atoms with Crippen molar-refractivity contribution in [3.05, 3.63) is 71.8 Å². The van der Waals surface area contributed by atoms with E-state index in [0.717, 1.165) is 11.1 Å². The number of hydrogen-bond acceptors (Lipinski definition) is 5. The van der Waals surface area contributed by atoms with Crippen molar-refractivity contribution in [2.45, 2.75) is 32.7 Å². The molecule has 142 valence electrons. The first-order chi connectivity index (χ1) is 13.2. The van der Waals surface area contributed by atoms with Crippen molar-refractivity contribution < 1.29 is 19.1 Å². The second-order valence-electron chi connectivity index (χ2n) is 5.82. The fourth-order valence-electron chi connectivity index (χ4n) is 2.62. The lowest BCUT2D eigenvalue weighted by atomic mass is 10.0. The van der Waals surface area contributed by atoms with E-state index < -0.39 is 12.0 Å². The quantitative estimate of drug-likeness (QED) is 0.499. The molecule has 2 aromatic rings. The summed E-state index contributed by atoms with van der Waals surface area (Å²) in [5.41, 5.74) is 2.49. The largest absolute Gasteiger partial charge is 0.466 e. The molecule has 0 fully saturated rings. The van der Waals surface area contributed by atoms with E-state index in [1.165, 1.54) is 0 Å². The summed E-state index contributed by atoms with van der Waals surface area (Å²) < 4.78 is 10.1. The lowest BCUT2D eigenvalue weighted by Gasteiger charge is -2.15. The summed E-state index contributed by atoms with van der Waals surface area (Å²) in [6.07, 6.45) is 0.346. The molecule has 5 nitrogen and oxygen atoms in total. The molecular weight excluding hydrogens is 342 g/mol. The number of nitrogens with zero attached hydrogens (tertiary/aromatic N) is 1. The molecule has 0 spiro atoms. The minimum atomic E-state index is -0.773. The van der Waals surface area contributed by atoms with Crippen LogP contribution in [0.25, 0.3) is 0 Å². The third kappa shape index (κ3) is 6.37. The Balaban J connectivity index is 2.37. The summed E-state index contributed by atoms with van der Waals surface area (Å²) in [6, 6.07) is 18.5. The second kappa shape index (κ2) is 10.9. The van der Waals surface area contributed by atoms with Crippen LogP contribution in [0.5, 0.6) is 0 Å². The van der Waals surface area contributed by atoms with E-state index in [1.54, 1.807) is 13.8 Å². The molecule has 0 aliphatic carbocycles. The zero-order chi connectivity index (χ0) is 19.5. The smallest absolute Gasteiger partial charge is 0.330 e. The van der Waals surface area contributed by atoms with Gasteiger partial charge in [-0.25, -0.2) is 4.79 Å². The van der Waals surface area contributed by atoms with Gasteiger partial charge in [0.2, 0.25) is 0 Å². The molecule has 0 heterocycles. The van der Waals surface area contributed by atoms with Gasteiger partial charge in [0.25, 0.3) is 0 Å². The molecule has 0 bridgehead atoms. The molecule has 0 N–H and O–H groups in total. The average Bonchev–Trinajstić information content (AvgIpc) is 2.70. The number of hydrogen-bond donors (Lipinski definition) is 0. The number of esters is 2. The monoisotopic (exact) mass is 367 g/mol.